The lowest BCUT2D eigenvalue weighted by atomic mass is 9.91. The fraction of sp³-hybridized carbons (Fsp3) is 0.562. The zero-order valence-corrected chi connectivity index (χ0v) is 11.3. The molecular formula is C16H24O. The quantitative estimate of drug-likeness (QED) is 0.633. The van der Waals surface area contributed by atoms with Crippen LogP contribution in [0.2, 0.25) is 0 Å². The summed E-state index contributed by atoms with van der Waals surface area (Å²) in [5.74, 6) is 0.858. The fourth-order valence-corrected chi connectivity index (χ4v) is 1.99. The Balaban J connectivity index is 2.30. The van der Waals surface area contributed by atoms with Gasteiger partial charge >= 0.3 is 0 Å². The molecule has 0 amide bonds. The van der Waals surface area contributed by atoms with E-state index in [0.717, 1.165) is 32.1 Å². The standard InChI is InChI=1S/C16H24O/c1-13(2)5-4-6-14(3)7-8-15-9-11-16(17)12-10-15/h5,7,9,11,15H,4,6,8,10,12H2,1-3H3/b14-7+/t15-/m0/s1. The summed E-state index contributed by atoms with van der Waals surface area (Å²) < 4.78 is 0. The van der Waals surface area contributed by atoms with Gasteiger partial charge in [-0.3, -0.25) is 4.79 Å². The molecule has 94 valence electrons. The van der Waals surface area contributed by atoms with Gasteiger partial charge in [0.1, 0.15) is 0 Å². The van der Waals surface area contributed by atoms with Gasteiger partial charge in [0.25, 0.3) is 0 Å². The number of allylic oxidation sites excluding steroid dienone is 6. The first kappa shape index (κ1) is 14.0. The average molecular weight is 232 g/mol. The van der Waals surface area contributed by atoms with Gasteiger partial charge in [0, 0.05) is 6.42 Å². The van der Waals surface area contributed by atoms with Gasteiger partial charge in [0.2, 0.25) is 0 Å². The molecular weight excluding hydrogens is 208 g/mol. The summed E-state index contributed by atoms with van der Waals surface area (Å²) in [6.45, 7) is 6.49. The molecule has 17 heavy (non-hydrogen) atoms. The van der Waals surface area contributed by atoms with Crippen molar-refractivity contribution in [3.63, 3.8) is 0 Å². The molecule has 1 nitrogen and oxygen atoms in total. The van der Waals surface area contributed by atoms with Gasteiger partial charge in [-0.05, 0) is 58.4 Å². The maximum atomic E-state index is 11.0. The van der Waals surface area contributed by atoms with Crippen LogP contribution in [0.3, 0.4) is 0 Å². The monoisotopic (exact) mass is 232 g/mol. The maximum absolute atomic E-state index is 11.0. The minimum absolute atomic E-state index is 0.283. The van der Waals surface area contributed by atoms with Crippen LogP contribution in [0.25, 0.3) is 0 Å². The summed E-state index contributed by atoms with van der Waals surface area (Å²) in [6.07, 6.45) is 13.6. The van der Waals surface area contributed by atoms with Gasteiger partial charge in [-0.15, -0.1) is 0 Å². The number of ketones is 1. The Bertz CT molecular complexity index is 341. The zero-order valence-electron chi connectivity index (χ0n) is 11.3. The van der Waals surface area contributed by atoms with E-state index in [1.165, 1.54) is 11.1 Å². The SMILES string of the molecule is CC(C)=CCC/C(C)=C/C[C@H]1C=CC(=O)CC1. The highest BCUT2D eigenvalue weighted by molar-refractivity contribution is 5.90. The molecule has 0 saturated carbocycles. The molecule has 0 saturated heterocycles. The van der Waals surface area contributed by atoms with E-state index in [9.17, 15) is 4.79 Å². The van der Waals surface area contributed by atoms with Crippen LogP contribution in [0.1, 0.15) is 52.9 Å². The fourth-order valence-electron chi connectivity index (χ4n) is 1.99. The molecule has 0 bridgehead atoms. The van der Waals surface area contributed by atoms with Crippen LogP contribution in [0.5, 0.6) is 0 Å². The largest absolute Gasteiger partial charge is 0.295 e. The van der Waals surface area contributed by atoms with Crippen molar-refractivity contribution in [1.82, 2.24) is 0 Å². The van der Waals surface area contributed by atoms with E-state index in [1.54, 1.807) is 6.08 Å². The van der Waals surface area contributed by atoms with Gasteiger partial charge in [-0.1, -0.05) is 29.4 Å². The van der Waals surface area contributed by atoms with Crippen molar-refractivity contribution in [3.05, 3.63) is 35.5 Å². The van der Waals surface area contributed by atoms with Gasteiger partial charge < -0.3 is 0 Å². The molecule has 0 radical (unpaired) electrons. The van der Waals surface area contributed by atoms with E-state index in [-0.39, 0.29) is 5.78 Å². The average Bonchev–Trinajstić information content (AvgIpc) is 2.28. The highest BCUT2D eigenvalue weighted by Gasteiger charge is 2.11. The normalized spacial score (nSPS) is 20.5. The summed E-state index contributed by atoms with van der Waals surface area (Å²) in [7, 11) is 0. The van der Waals surface area contributed by atoms with E-state index in [4.69, 9.17) is 0 Å². The van der Waals surface area contributed by atoms with Crippen LogP contribution < -0.4 is 0 Å². The number of hydrogen-bond acceptors (Lipinski definition) is 1. The molecule has 1 aliphatic carbocycles. The molecule has 0 heterocycles. The Morgan fingerprint density at radius 3 is 2.71 bits per heavy atom. The molecule has 0 N–H and O–H groups in total. The van der Waals surface area contributed by atoms with Crippen molar-refractivity contribution in [2.24, 2.45) is 5.92 Å². The van der Waals surface area contributed by atoms with Crippen molar-refractivity contribution in [3.8, 4) is 0 Å². The van der Waals surface area contributed by atoms with E-state index >= 15 is 0 Å². The van der Waals surface area contributed by atoms with Crippen LogP contribution in [0.15, 0.2) is 35.5 Å². The summed E-state index contributed by atoms with van der Waals surface area (Å²) in [5, 5.41) is 0. The summed E-state index contributed by atoms with van der Waals surface area (Å²) in [4.78, 5) is 11.0. The maximum Gasteiger partial charge on any atom is 0.155 e. The predicted octanol–water partition coefficient (Wildman–Crippen LogP) is 4.60. The van der Waals surface area contributed by atoms with Gasteiger partial charge in [0.15, 0.2) is 5.78 Å². The molecule has 0 aromatic heterocycles. The minimum atomic E-state index is 0.283. The molecule has 0 aromatic rings. The van der Waals surface area contributed by atoms with Crippen molar-refractivity contribution in [2.75, 3.05) is 0 Å². The van der Waals surface area contributed by atoms with Crippen molar-refractivity contribution >= 4 is 5.78 Å². The first-order valence-corrected chi connectivity index (χ1v) is 6.58. The van der Waals surface area contributed by atoms with Crippen molar-refractivity contribution in [2.45, 2.75) is 52.9 Å². The van der Waals surface area contributed by atoms with Crippen LogP contribution in [0, 0.1) is 5.92 Å². The molecule has 1 atom stereocenters. The highest BCUT2D eigenvalue weighted by Crippen LogP contribution is 2.20. The third-order valence-electron chi connectivity index (χ3n) is 3.18. The molecule has 0 unspecified atom stereocenters. The van der Waals surface area contributed by atoms with E-state index in [0.29, 0.717) is 5.92 Å². The lowest BCUT2D eigenvalue weighted by Gasteiger charge is -2.13. The number of hydrogen-bond donors (Lipinski definition) is 0. The highest BCUT2D eigenvalue weighted by atomic mass is 16.1. The predicted molar refractivity (Wildman–Crippen MR) is 73.9 cm³/mol. The summed E-state index contributed by atoms with van der Waals surface area (Å²) in [5.41, 5.74) is 2.86. The third-order valence-corrected chi connectivity index (χ3v) is 3.18. The second kappa shape index (κ2) is 7.26. The smallest absolute Gasteiger partial charge is 0.155 e. The molecule has 0 aromatic carbocycles. The summed E-state index contributed by atoms with van der Waals surface area (Å²) in [6, 6.07) is 0. The second-order valence-electron chi connectivity index (χ2n) is 5.23. The van der Waals surface area contributed by atoms with Gasteiger partial charge in [0.05, 0.1) is 0 Å². The Labute approximate surface area is 105 Å². The van der Waals surface area contributed by atoms with Crippen LogP contribution >= 0.6 is 0 Å². The first-order chi connectivity index (χ1) is 8.08. The summed E-state index contributed by atoms with van der Waals surface area (Å²) >= 11 is 0. The topological polar surface area (TPSA) is 17.1 Å². The van der Waals surface area contributed by atoms with Crippen LogP contribution in [-0.4, -0.2) is 5.78 Å². The molecule has 0 aliphatic heterocycles. The molecule has 1 rings (SSSR count). The molecule has 0 spiro atoms. The molecule has 0 fully saturated rings. The Hall–Kier alpha value is -1.11. The molecule has 1 aliphatic rings. The number of carbonyl (C=O) groups is 1. The minimum Gasteiger partial charge on any atom is -0.295 e. The Morgan fingerprint density at radius 2 is 2.12 bits per heavy atom. The zero-order chi connectivity index (χ0) is 12.7. The van der Waals surface area contributed by atoms with Crippen LogP contribution in [0.4, 0.5) is 0 Å². The second-order valence-corrected chi connectivity index (χ2v) is 5.23. The van der Waals surface area contributed by atoms with Crippen molar-refractivity contribution < 1.29 is 4.79 Å². The first-order valence-electron chi connectivity index (χ1n) is 6.58. The van der Waals surface area contributed by atoms with Crippen LogP contribution in [-0.2, 0) is 4.79 Å². The number of carbonyl (C=O) groups excluding carboxylic acids is 1. The van der Waals surface area contributed by atoms with E-state index in [1.807, 2.05) is 0 Å². The lowest BCUT2D eigenvalue weighted by Crippen LogP contribution is -2.06. The number of rotatable bonds is 5. The van der Waals surface area contributed by atoms with Gasteiger partial charge in [-0.25, -0.2) is 0 Å². The van der Waals surface area contributed by atoms with Crippen molar-refractivity contribution in [1.29, 1.82) is 0 Å². The van der Waals surface area contributed by atoms with E-state index < -0.39 is 0 Å². The Kier molecular flexibility index (Phi) is 5.96. The molecule has 1 heteroatoms. The third kappa shape index (κ3) is 6.25. The Morgan fingerprint density at radius 1 is 1.35 bits per heavy atom. The lowest BCUT2D eigenvalue weighted by molar-refractivity contribution is -0.115. The van der Waals surface area contributed by atoms with E-state index in [2.05, 4.69) is 39.0 Å². The van der Waals surface area contributed by atoms with Gasteiger partial charge in [-0.2, -0.15) is 0 Å².